The first-order valence-electron chi connectivity index (χ1n) is 6.71. The minimum absolute atomic E-state index is 0.0289. The quantitative estimate of drug-likeness (QED) is 0.806. The summed E-state index contributed by atoms with van der Waals surface area (Å²) in [5.41, 5.74) is 2.37. The van der Waals surface area contributed by atoms with Crippen molar-refractivity contribution in [1.82, 2.24) is 4.57 Å². The Morgan fingerprint density at radius 3 is 2.77 bits per heavy atom. The van der Waals surface area contributed by atoms with Crippen LogP contribution in [-0.2, 0) is 18.4 Å². The molecule has 2 aromatic carbocycles. The van der Waals surface area contributed by atoms with Gasteiger partial charge < -0.3 is 9.30 Å². The molecule has 1 heterocycles. The zero-order valence-corrected chi connectivity index (χ0v) is 12.7. The zero-order chi connectivity index (χ0) is 15.5. The standard InChI is InChI=1S/C16H14N2O3S/c1-18-13-8-7-12(9-14(13)22-16(18)20)17-15(19)21-10-11-5-3-2-4-6-11/h2-9H,10H2,1H3,(H,17,19). The zero-order valence-electron chi connectivity index (χ0n) is 11.9. The van der Waals surface area contributed by atoms with Crippen molar-refractivity contribution in [1.29, 1.82) is 0 Å². The Hall–Kier alpha value is -2.60. The molecule has 0 aliphatic heterocycles. The average molecular weight is 314 g/mol. The molecule has 6 heteroatoms. The van der Waals surface area contributed by atoms with Crippen LogP contribution in [0.2, 0.25) is 0 Å². The van der Waals surface area contributed by atoms with Crippen molar-refractivity contribution in [3.8, 4) is 0 Å². The highest BCUT2D eigenvalue weighted by Crippen LogP contribution is 2.21. The van der Waals surface area contributed by atoms with Gasteiger partial charge in [0, 0.05) is 12.7 Å². The van der Waals surface area contributed by atoms with Crippen LogP contribution in [-0.4, -0.2) is 10.7 Å². The summed E-state index contributed by atoms with van der Waals surface area (Å²) < 4.78 is 7.57. The second-order valence-electron chi connectivity index (χ2n) is 4.80. The number of carbonyl (C=O) groups is 1. The monoisotopic (exact) mass is 314 g/mol. The lowest BCUT2D eigenvalue weighted by Crippen LogP contribution is -2.13. The van der Waals surface area contributed by atoms with Crippen molar-refractivity contribution in [2.24, 2.45) is 7.05 Å². The largest absolute Gasteiger partial charge is 0.444 e. The number of amides is 1. The molecule has 1 amide bonds. The Bertz CT molecular complexity index is 868. The van der Waals surface area contributed by atoms with Crippen LogP contribution < -0.4 is 10.2 Å². The summed E-state index contributed by atoms with van der Waals surface area (Å²) in [5.74, 6) is 0. The number of fused-ring (bicyclic) bond motifs is 1. The van der Waals surface area contributed by atoms with E-state index >= 15 is 0 Å². The number of benzene rings is 2. The molecule has 0 atom stereocenters. The highest BCUT2D eigenvalue weighted by atomic mass is 32.1. The van der Waals surface area contributed by atoms with Gasteiger partial charge in [0.15, 0.2) is 0 Å². The number of ether oxygens (including phenoxy) is 1. The summed E-state index contributed by atoms with van der Waals surface area (Å²) in [7, 11) is 1.72. The van der Waals surface area contributed by atoms with Crippen molar-refractivity contribution >= 4 is 33.3 Å². The van der Waals surface area contributed by atoms with E-state index in [9.17, 15) is 9.59 Å². The predicted octanol–water partition coefficient (Wildman–Crippen LogP) is 3.35. The third-order valence-corrected chi connectivity index (χ3v) is 4.25. The molecule has 3 rings (SSSR count). The minimum Gasteiger partial charge on any atom is -0.444 e. The van der Waals surface area contributed by atoms with Gasteiger partial charge in [-0.05, 0) is 23.8 Å². The Morgan fingerprint density at radius 2 is 2.00 bits per heavy atom. The second kappa shape index (κ2) is 6.03. The van der Waals surface area contributed by atoms with Gasteiger partial charge >= 0.3 is 11.0 Å². The number of anilines is 1. The third kappa shape index (κ3) is 3.01. The fourth-order valence-electron chi connectivity index (χ4n) is 2.09. The lowest BCUT2D eigenvalue weighted by atomic mass is 10.2. The van der Waals surface area contributed by atoms with Crippen LogP contribution in [0, 0.1) is 0 Å². The van der Waals surface area contributed by atoms with E-state index in [0.29, 0.717) is 5.69 Å². The highest BCUT2D eigenvalue weighted by Gasteiger charge is 2.08. The number of aryl methyl sites for hydroxylation is 1. The number of nitrogens with one attached hydrogen (secondary N) is 1. The normalized spacial score (nSPS) is 10.6. The molecule has 0 bridgehead atoms. The molecular formula is C16H14N2O3S. The molecule has 0 fully saturated rings. The smallest absolute Gasteiger partial charge is 0.411 e. The molecule has 0 saturated carbocycles. The van der Waals surface area contributed by atoms with Gasteiger partial charge in [0.2, 0.25) is 0 Å². The van der Waals surface area contributed by atoms with Crippen LogP contribution in [0.3, 0.4) is 0 Å². The van der Waals surface area contributed by atoms with Crippen LogP contribution in [0.1, 0.15) is 5.56 Å². The number of hydrogen-bond acceptors (Lipinski definition) is 4. The van der Waals surface area contributed by atoms with E-state index in [4.69, 9.17) is 4.74 Å². The second-order valence-corrected chi connectivity index (χ2v) is 5.79. The Labute approximate surface area is 130 Å². The molecule has 112 valence electrons. The van der Waals surface area contributed by atoms with E-state index in [2.05, 4.69) is 5.32 Å². The van der Waals surface area contributed by atoms with Crippen molar-refractivity contribution in [3.63, 3.8) is 0 Å². The molecule has 1 N–H and O–H groups in total. The van der Waals surface area contributed by atoms with E-state index < -0.39 is 6.09 Å². The SMILES string of the molecule is Cn1c(=O)sc2cc(NC(=O)OCc3ccccc3)ccc21. The first-order chi connectivity index (χ1) is 10.6. The number of aromatic nitrogens is 1. The minimum atomic E-state index is -0.522. The molecule has 22 heavy (non-hydrogen) atoms. The predicted molar refractivity (Wildman–Crippen MR) is 87.3 cm³/mol. The van der Waals surface area contributed by atoms with Gasteiger partial charge in [-0.3, -0.25) is 10.1 Å². The van der Waals surface area contributed by atoms with Crippen LogP contribution in [0.4, 0.5) is 10.5 Å². The van der Waals surface area contributed by atoms with Gasteiger partial charge in [0.25, 0.3) is 0 Å². The van der Waals surface area contributed by atoms with Crippen LogP contribution in [0.15, 0.2) is 53.3 Å². The molecule has 3 aromatic rings. The molecular weight excluding hydrogens is 300 g/mol. The van der Waals surface area contributed by atoms with E-state index in [-0.39, 0.29) is 11.5 Å². The summed E-state index contributed by atoms with van der Waals surface area (Å²) in [4.78, 5) is 23.4. The van der Waals surface area contributed by atoms with Crippen molar-refractivity contribution in [3.05, 3.63) is 63.8 Å². The van der Waals surface area contributed by atoms with Gasteiger partial charge in [0.1, 0.15) is 6.61 Å². The molecule has 0 aliphatic carbocycles. The van der Waals surface area contributed by atoms with E-state index in [1.54, 1.807) is 29.8 Å². The van der Waals surface area contributed by atoms with E-state index in [1.165, 1.54) is 0 Å². The number of thiazole rings is 1. The van der Waals surface area contributed by atoms with Gasteiger partial charge in [0.05, 0.1) is 10.2 Å². The number of carbonyl (C=O) groups excluding carboxylic acids is 1. The third-order valence-electron chi connectivity index (χ3n) is 3.25. The van der Waals surface area contributed by atoms with Gasteiger partial charge in [-0.2, -0.15) is 0 Å². The fraction of sp³-hybridized carbons (Fsp3) is 0.125. The summed E-state index contributed by atoms with van der Waals surface area (Å²) in [6.07, 6.45) is -0.522. The van der Waals surface area contributed by atoms with Crippen molar-refractivity contribution in [2.75, 3.05) is 5.32 Å². The lowest BCUT2D eigenvalue weighted by Gasteiger charge is -2.07. The summed E-state index contributed by atoms with van der Waals surface area (Å²) in [6.45, 7) is 0.216. The molecule has 0 spiro atoms. The molecule has 0 radical (unpaired) electrons. The maximum Gasteiger partial charge on any atom is 0.411 e. The maximum atomic E-state index is 11.8. The molecule has 5 nitrogen and oxygen atoms in total. The Balaban J connectivity index is 1.67. The van der Waals surface area contributed by atoms with Gasteiger partial charge in [-0.15, -0.1) is 0 Å². The first kappa shape index (κ1) is 14.3. The average Bonchev–Trinajstić information content (AvgIpc) is 2.81. The van der Waals surface area contributed by atoms with Crippen LogP contribution in [0.5, 0.6) is 0 Å². The van der Waals surface area contributed by atoms with Crippen molar-refractivity contribution in [2.45, 2.75) is 6.61 Å². The first-order valence-corrected chi connectivity index (χ1v) is 7.52. The molecule has 1 aromatic heterocycles. The number of rotatable bonds is 3. The fourth-order valence-corrected chi connectivity index (χ4v) is 3.01. The molecule has 0 aliphatic rings. The lowest BCUT2D eigenvalue weighted by molar-refractivity contribution is 0.155. The van der Waals surface area contributed by atoms with Crippen molar-refractivity contribution < 1.29 is 9.53 Å². The van der Waals surface area contributed by atoms with Gasteiger partial charge in [-0.25, -0.2) is 4.79 Å². The molecule has 0 unspecified atom stereocenters. The number of hydrogen-bond donors (Lipinski definition) is 1. The Morgan fingerprint density at radius 1 is 1.23 bits per heavy atom. The summed E-state index contributed by atoms with van der Waals surface area (Å²) in [6, 6.07) is 14.8. The summed E-state index contributed by atoms with van der Waals surface area (Å²) >= 11 is 1.15. The van der Waals surface area contributed by atoms with E-state index in [1.807, 2.05) is 30.3 Å². The number of nitrogens with zero attached hydrogens (tertiary/aromatic N) is 1. The summed E-state index contributed by atoms with van der Waals surface area (Å²) in [5, 5.41) is 2.67. The highest BCUT2D eigenvalue weighted by molar-refractivity contribution is 7.16. The topological polar surface area (TPSA) is 60.3 Å². The van der Waals surface area contributed by atoms with Crippen LogP contribution in [0.25, 0.3) is 10.2 Å². The molecule has 0 saturated heterocycles. The maximum absolute atomic E-state index is 11.8. The van der Waals surface area contributed by atoms with Crippen LogP contribution >= 0.6 is 11.3 Å². The Kier molecular flexibility index (Phi) is 3.93. The van der Waals surface area contributed by atoms with E-state index in [0.717, 1.165) is 27.1 Å². The van der Waals surface area contributed by atoms with Gasteiger partial charge in [-0.1, -0.05) is 41.7 Å².